The lowest BCUT2D eigenvalue weighted by atomic mass is 10.1. The first-order chi connectivity index (χ1) is 16.0. The molecule has 2 N–H and O–H groups in total. The fourth-order valence-electron chi connectivity index (χ4n) is 3.59. The van der Waals surface area contributed by atoms with Crippen LogP contribution in [0, 0.1) is 0 Å². The Bertz CT molecular complexity index is 1470. The number of carbonyl (C=O) groups excluding carboxylic acids is 1. The molecule has 4 aromatic carbocycles. The zero-order chi connectivity index (χ0) is 22.8. The molecule has 0 saturated carbocycles. The summed E-state index contributed by atoms with van der Waals surface area (Å²) in [5.74, 6) is 0.823. The molecule has 1 aliphatic rings. The van der Waals surface area contributed by atoms with Crippen molar-refractivity contribution in [3.05, 3.63) is 96.1 Å². The van der Waals surface area contributed by atoms with Crippen molar-refractivity contribution in [1.82, 2.24) is 4.72 Å². The molecular weight excluding hydrogens is 440 g/mol. The fraction of sp³-hybridized carbons (Fsp3) is 0.0800. The maximum Gasteiger partial charge on any atom is 0.255 e. The molecule has 5 rings (SSSR count). The van der Waals surface area contributed by atoms with Crippen LogP contribution in [0.5, 0.6) is 11.5 Å². The lowest BCUT2D eigenvalue weighted by Crippen LogP contribution is -2.23. The van der Waals surface area contributed by atoms with E-state index in [1.54, 1.807) is 30.3 Å². The number of hydrogen-bond donors (Lipinski definition) is 2. The smallest absolute Gasteiger partial charge is 0.255 e. The molecule has 0 aliphatic carbocycles. The second-order valence-electron chi connectivity index (χ2n) is 7.56. The standard InChI is InChI=1S/C25H20N2O5S/c28-25(27-21-10-9-18-4-1-2-5-19(18)13-21)20-6-3-7-22(14-20)33(29,30)26-15-17-8-11-23-24(12-17)32-16-31-23/h1-14,26H,15-16H2,(H,27,28). The maximum absolute atomic E-state index is 12.8. The first-order valence-electron chi connectivity index (χ1n) is 10.3. The first kappa shape index (κ1) is 21.0. The highest BCUT2D eigenvalue weighted by Gasteiger charge is 2.18. The van der Waals surface area contributed by atoms with Crippen molar-refractivity contribution >= 4 is 32.4 Å². The molecular formula is C25H20N2O5S. The quantitative estimate of drug-likeness (QED) is 0.448. The first-order valence-corrected chi connectivity index (χ1v) is 11.7. The van der Waals surface area contributed by atoms with Gasteiger partial charge in [-0.2, -0.15) is 0 Å². The van der Waals surface area contributed by atoms with Crippen molar-refractivity contribution in [3.8, 4) is 11.5 Å². The average molecular weight is 461 g/mol. The van der Waals surface area contributed by atoms with Crippen molar-refractivity contribution in [1.29, 1.82) is 0 Å². The third-order valence-electron chi connectivity index (χ3n) is 5.32. The molecule has 8 heteroatoms. The van der Waals surface area contributed by atoms with Crippen LogP contribution in [0.3, 0.4) is 0 Å². The van der Waals surface area contributed by atoms with Crippen molar-refractivity contribution < 1.29 is 22.7 Å². The highest BCUT2D eigenvalue weighted by molar-refractivity contribution is 7.89. The highest BCUT2D eigenvalue weighted by atomic mass is 32.2. The summed E-state index contributed by atoms with van der Waals surface area (Å²) < 4.78 is 38.8. The molecule has 1 aliphatic heterocycles. The van der Waals surface area contributed by atoms with E-state index in [-0.39, 0.29) is 23.8 Å². The lowest BCUT2D eigenvalue weighted by Gasteiger charge is -2.10. The third kappa shape index (κ3) is 4.52. The summed E-state index contributed by atoms with van der Waals surface area (Å²) in [5, 5.41) is 4.90. The van der Waals surface area contributed by atoms with Gasteiger partial charge in [0, 0.05) is 17.8 Å². The Morgan fingerprint density at radius 3 is 2.52 bits per heavy atom. The van der Waals surface area contributed by atoms with Crippen molar-refractivity contribution in [2.75, 3.05) is 12.1 Å². The van der Waals surface area contributed by atoms with Gasteiger partial charge < -0.3 is 14.8 Å². The van der Waals surface area contributed by atoms with Crippen LogP contribution >= 0.6 is 0 Å². The summed E-state index contributed by atoms with van der Waals surface area (Å²) in [5.41, 5.74) is 1.61. The molecule has 166 valence electrons. The van der Waals surface area contributed by atoms with Crippen LogP contribution in [0.25, 0.3) is 10.8 Å². The molecule has 0 aromatic heterocycles. The summed E-state index contributed by atoms with van der Waals surface area (Å²) in [6.07, 6.45) is 0. The van der Waals surface area contributed by atoms with E-state index in [2.05, 4.69) is 10.0 Å². The number of hydrogen-bond acceptors (Lipinski definition) is 5. The molecule has 7 nitrogen and oxygen atoms in total. The summed E-state index contributed by atoms with van der Waals surface area (Å²) >= 11 is 0. The van der Waals surface area contributed by atoms with Crippen molar-refractivity contribution in [2.45, 2.75) is 11.4 Å². The van der Waals surface area contributed by atoms with Crippen LogP contribution in [-0.4, -0.2) is 21.1 Å². The molecule has 4 aromatic rings. The molecule has 0 unspecified atom stereocenters. The van der Waals surface area contributed by atoms with Crippen molar-refractivity contribution in [3.63, 3.8) is 0 Å². The van der Waals surface area contributed by atoms with Gasteiger partial charge in [-0.3, -0.25) is 4.79 Å². The van der Waals surface area contributed by atoms with Gasteiger partial charge in [0.25, 0.3) is 5.91 Å². The molecule has 0 fully saturated rings. The number of ether oxygens (including phenoxy) is 2. The fourth-order valence-corrected chi connectivity index (χ4v) is 4.65. The predicted molar refractivity (Wildman–Crippen MR) is 125 cm³/mol. The van der Waals surface area contributed by atoms with E-state index in [1.807, 2.05) is 42.5 Å². The Labute approximate surface area is 191 Å². The average Bonchev–Trinajstić information content (AvgIpc) is 3.31. The monoisotopic (exact) mass is 460 g/mol. The summed E-state index contributed by atoms with van der Waals surface area (Å²) in [4.78, 5) is 12.8. The molecule has 33 heavy (non-hydrogen) atoms. The van der Waals surface area contributed by atoms with Gasteiger partial charge in [0.05, 0.1) is 4.90 Å². The van der Waals surface area contributed by atoms with Gasteiger partial charge in [0.2, 0.25) is 16.8 Å². The van der Waals surface area contributed by atoms with E-state index < -0.39 is 15.9 Å². The van der Waals surface area contributed by atoms with Gasteiger partial charge >= 0.3 is 0 Å². The van der Waals surface area contributed by atoms with E-state index in [9.17, 15) is 13.2 Å². The van der Waals surface area contributed by atoms with E-state index in [1.165, 1.54) is 12.1 Å². The number of anilines is 1. The Morgan fingerprint density at radius 2 is 1.64 bits per heavy atom. The Morgan fingerprint density at radius 1 is 0.818 bits per heavy atom. The van der Waals surface area contributed by atoms with E-state index in [4.69, 9.17) is 9.47 Å². The Hall–Kier alpha value is -3.88. The Kier molecular flexibility index (Phi) is 5.45. The normalized spacial score (nSPS) is 12.6. The van der Waals surface area contributed by atoms with Gasteiger partial charge in [-0.1, -0.05) is 42.5 Å². The lowest BCUT2D eigenvalue weighted by molar-refractivity contribution is 0.102. The van der Waals surface area contributed by atoms with Gasteiger partial charge in [-0.05, 0) is 58.8 Å². The second-order valence-corrected chi connectivity index (χ2v) is 9.32. The number of sulfonamides is 1. The maximum atomic E-state index is 12.8. The molecule has 0 bridgehead atoms. The van der Waals surface area contributed by atoms with Gasteiger partial charge in [-0.15, -0.1) is 0 Å². The largest absolute Gasteiger partial charge is 0.454 e. The summed E-state index contributed by atoms with van der Waals surface area (Å²) in [6, 6.07) is 24.6. The van der Waals surface area contributed by atoms with E-state index >= 15 is 0 Å². The van der Waals surface area contributed by atoms with Crippen LogP contribution < -0.4 is 19.5 Å². The number of amides is 1. The number of carbonyl (C=O) groups is 1. The van der Waals surface area contributed by atoms with Crippen LogP contribution in [-0.2, 0) is 16.6 Å². The van der Waals surface area contributed by atoms with E-state index in [0.29, 0.717) is 17.2 Å². The molecule has 0 radical (unpaired) electrons. The number of rotatable bonds is 6. The number of fused-ring (bicyclic) bond motifs is 2. The molecule has 0 saturated heterocycles. The SMILES string of the molecule is O=C(Nc1ccc2ccccc2c1)c1cccc(S(=O)(=O)NCc2ccc3c(c2)OCO3)c1. The van der Waals surface area contributed by atoms with Gasteiger partial charge in [0.15, 0.2) is 11.5 Å². The number of benzene rings is 4. The molecule has 1 heterocycles. The zero-order valence-electron chi connectivity index (χ0n) is 17.4. The minimum Gasteiger partial charge on any atom is -0.454 e. The van der Waals surface area contributed by atoms with Gasteiger partial charge in [0.1, 0.15) is 0 Å². The zero-order valence-corrected chi connectivity index (χ0v) is 18.3. The molecule has 1 amide bonds. The van der Waals surface area contributed by atoms with Crippen LogP contribution in [0.15, 0.2) is 89.8 Å². The topological polar surface area (TPSA) is 93.7 Å². The predicted octanol–water partition coefficient (Wildman–Crippen LogP) is 4.30. The van der Waals surface area contributed by atoms with Crippen molar-refractivity contribution in [2.24, 2.45) is 0 Å². The second kappa shape index (κ2) is 8.57. The summed E-state index contributed by atoms with van der Waals surface area (Å²) in [6.45, 7) is 0.227. The van der Waals surface area contributed by atoms with Crippen LogP contribution in [0.1, 0.15) is 15.9 Å². The minimum atomic E-state index is -3.83. The molecule has 0 atom stereocenters. The van der Waals surface area contributed by atoms with E-state index in [0.717, 1.165) is 16.3 Å². The Balaban J connectivity index is 1.30. The van der Waals surface area contributed by atoms with Crippen LogP contribution in [0.2, 0.25) is 0 Å². The van der Waals surface area contributed by atoms with Crippen LogP contribution in [0.4, 0.5) is 5.69 Å². The third-order valence-corrected chi connectivity index (χ3v) is 6.72. The minimum absolute atomic E-state index is 0.00871. The highest BCUT2D eigenvalue weighted by Crippen LogP contribution is 2.32. The number of nitrogens with one attached hydrogen (secondary N) is 2. The molecule has 0 spiro atoms. The summed E-state index contributed by atoms with van der Waals surface area (Å²) in [7, 11) is -3.83. The van der Waals surface area contributed by atoms with Gasteiger partial charge in [-0.25, -0.2) is 13.1 Å².